The molecule has 0 radical (unpaired) electrons. The second kappa shape index (κ2) is 4.88. The molecule has 18 heavy (non-hydrogen) atoms. The highest BCUT2D eigenvalue weighted by Crippen LogP contribution is 2.25. The third-order valence-corrected chi connectivity index (χ3v) is 3.18. The van der Waals surface area contributed by atoms with E-state index in [0.717, 1.165) is 18.6 Å². The molecule has 1 unspecified atom stereocenters. The van der Waals surface area contributed by atoms with E-state index in [1.165, 1.54) is 0 Å². The number of aromatic nitrogens is 2. The van der Waals surface area contributed by atoms with E-state index in [-0.39, 0.29) is 12.0 Å². The molecule has 0 bridgehead atoms. The van der Waals surface area contributed by atoms with Crippen molar-refractivity contribution in [3.63, 3.8) is 0 Å². The van der Waals surface area contributed by atoms with Crippen molar-refractivity contribution >= 4 is 0 Å². The second-order valence-electron chi connectivity index (χ2n) is 4.44. The maximum atomic E-state index is 6.10. The molecule has 94 valence electrons. The molecule has 1 fully saturated rings. The lowest BCUT2D eigenvalue weighted by Crippen LogP contribution is -2.12. The zero-order chi connectivity index (χ0) is 12.4. The van der Waals surface area contributed by atoms with Crippen LogP contribution in [0.2, 0.25) is 0 Å². The Bertz CT molecular complexity index is 506. The summed E-state index contributed by atoms with van der Waals surface area (Å²) in [7, 11) is 0. The smallest absolute Gasteiger partial charge is 0.248 e. The van der Waals surface area contributed by atoms with Crippen molar-refractivity contribution in [3.05, 3.63) is 47.6 Å². The van der Waals surface area contributed by atoms with Gasteiger partial charge in [-0.25, -0.2) is 0 Å². The van der Waals surface area contributed by atoms with Crippen LogP contribution >= 0.6 is 0 Å². The highest BCUT2D eigenvalue weighted by Gasteiger charge is 2.25. The molecule has 5 heteroatoms. The Morgan fingerprint density at radius 1 is 1.28 bits per heavy atom. The molecule has 0 spiro atoms. The minimum absolute atomic E-state index is 0.241. The summed E-state index contributed by atoms with van der Waals surface area (Å²) in [6.45, 7) is 1.43. The van der Waals surface area contributed by atoms with E-state index >= 15 is 0 Å². The van der Waals surface area contributed by atoms with Crippen molar-refractivity contribution < 1.29 is 9.26 Å². The lowest BCUT2D eigenvalue weighted by molar-refractivity contribution is 0.192. The molecule has 2 aromatic rings. The van der Waals surface area contributed by atoms with Crippen LogP contribution < -0.4 is 5.73 Å². The van der Waals surface area contributed by atoms with E-state index in [0.29, 0.717) is 18.3 Å². The van der Waals surface area contributed by atoms with Crippen molar-refractivity contribution in [1.29, 1.82) is 0 Å². The average Bonchev–Trinajstić information content (AvgIpc) is 3.09. The number of benzene rings is 1. The Morgan fingerprint density at radius 3 is 2.83 bits per heavy atom. The van der Waals surface area contributed by atoms with Crippen LogP contribution in [0.4, 0.5) is 0 Å². The number of nitrogens with two attached hydrogens (primary N) is 1. The zero-order valence-electron chi connectivity index (χ0n) is 9.95. The summed E-state index contributed by atoms with van der Waals surface area (Å²) in [4.78, 5) is 4.39. The summed E-state index contributed by atoms with van der Waals surface area (Å²) in [6, 6.07) is 9.37. The summed E-state index contributed by atoms with van der Waals surface area (Å²) in [6.07, 6.45) is 0.944. The zero-order valence-corrected chi connectivity index (χ0v) is 9.95. The summed E-state index contributed by atoms with van der Waals surface area (Å²) < 4.78 is 10.6. The average molecular weight is 245 g/mol. The molecule has 2 heterocycles. The quantitative estimate of drug-likeness (QED) is 0.889. The molecule has 1 aliphatic heterocycles. The van der Waals surface area contributed by atoms with Gasteiger partial charge in [-0.15, -0.1) is 0 Å². The van der Waals surface area contributed by atoms with Gasteiger partial charge in [0.05, 0.1) is 6.61 Å². The molecule has 1 aromatic carbocycles. The van der Waals surface area contributed by atoms with Crippen LogP contribution in [0.5, 0.6) is 0 Å². The van der Waals surface area contributed by atoms with Crippen LogP contribution in [0.1, 0.15) is 35.7 Å². The molecular weight excluding hydrogens is 230 g/mol. The van der Waals surface area contributed by atoms with E-state index in [1.807, 2.05) is 30.3 Å². The van der Waals surface area contributed by atoms with Gasteiger partial charge in [0.15, 0.2) is 5.82 Å². The predicted octanol–water partition coefficient (Wildman–Crippen LogP) is 1.62. The van der Waals surface area contributed by atoms with Gasteiger partial charge in [0.1, 0.15) is 6.04 Å². The number of hydrogen-bond donors (Lipinski definition) is 1. The first-order chi connectivity index (χ1) is 8.84. The standard InChI is InChI=1S/C13H15N3O2/c14-11(9-4-2-1-3-5-9)13-15-12(16-18-13)10-6-7-17-8-10/h1-5,10-11H,6-8,14H2/t10?,11-/m1/s1. The van der Waals surface area contributed by atoms with E-state index in [9.17, 15) is 0 Å². The fourth-order valence-corrected chi connectivity index (χ4v) is 2.08. The van der Waals surface area contributed by atoms with E-state index in [2.05, 4.69) is 10.1 Å². The van der Waals surface area contributed by atoms with Crippen LogP contribution in [-0.4, -0.2) is 23.4 Å². The van der Waals surface area contributed by atoms with E-state index in [1.54, 1.807) is 0 Å². The van der Waals surface area contributed by atoms with Gasteiger partial charge in [0.2, 0.25) is 5.89 Å². The van der Waals surface area contributed by atoms with Crippen molar-refractivity contribution in [2.45, 2.75) is 18.4 Å². The Balaban J connectivity index is 1.80. The minimum atomic E-state index is -0.366. The number of nitrogens with zero attached hydrogens (tertiary/aromatic N) is 2. The van der Waals surface area contributed by atoms with Crippen LogP contribution in [0.25, 0.3) is 0 Å². The highest BCUT2D eigenvalue weighted by molar-refractivity contribution is 5.23. The Morgan fingerprint density at radius 2 is 2.11 bits per heavy atom. The molecule has 0 amide bonds. The molecular formula is C13H15N3O2. The summed E-state index contributed by atoms with van der Waals surface area (Å²) in [5.74, 6) is 1.41. The molecule has 1 saturated heterocycles. The Labute approximate surface area is 105 Å². The third kappa shape index (κ3) is 2.14. The molecule has 0 aliphatic carbocycles. The van der Waals surface area contributed by atoms with Gasteiger partial charge in [0, 0.05) is 12.5 Å². The molecule has 5 nitrogen and oxygen atoms in total. The van der Waals surface area contributed by atoms with Gasteiger partial charge in [0.25, 0.3) is 0 Å². The first-order valence-electron chi connectivity index (χ1n) is 6.06. The molecule has 1 aliphatic rings. The molecule has 1 aromatic heterocycles. The predicted molar refractivity (Wildman–Crippen MR) is 64.9 cm³/mol. The Hall–Kier alpha value is -1.72. The molecule has 2 atom stereocenters. The summed E-state index contributed by atoms with van der Waals surface area (Å²) >= 11 is 0. The first-order valence-corrected chi connectivity index (χ1v) is 6.06. The van der Waals surface area contributed by atoms with Crippen molar-refractivity contribution in [1.82, 2.24) is 10.1 Å². The fraction of sp³-hybridized carbons (Fsp3) is 0.385. The maximum Gasteiger partial charge on any atom is 0.248 e. The number of hydrogen-bond acceptors (Lipinski definition) is 5. The third-order valence-electron chi connectivity index (χ3n) is 3.18. The van der Waals surface area contributed by atoms with Crippen LogP contribution in [0.15, 0.2) is 34.9 Å². The summed E-state index contributed by atoms with van der Waals surface area (Å²) in [5.41, 5.74) is 7.07. The van der Waals surface area contributed by atoms with Gasteiger partial charge in [-0.1, -0.05) is 35.5 Å². The van der Waals surface area contributed by atoms with E-state index in [4.69, 9.17) is 15.0 Å². The monoisotopic (exact) mass is 245 g/mol. The molecule has 0 saturated carbocycles. The van der Waals surface area contributed by atoms with Crippen molar-refractivity contribution in [2.75, 3.05) is 13.2 Å². The van der Waals surface area contributed by atoms with Crippen molar-refractivity contribution in [2.24, 2.45) is 5.73 Å². The normalized spacial score (nSPS) is 21.1. The van der Waals surface area contributed by atoms with Gasteiger partial charge in [-0.2, -0.15) is 4.98 Å². The lowest BCUT2D eigenvalue weighted by Gasteiger charge is -2.05. The van der Waals surface area contributed by atoms with Gasteiger partial charge >= 0.3 is 0 Å². The summed E-state index contributed by atoms with van der Waals surface area (Å²) in [5, 5.41) is 4.00. The lowest BCUT2D eigenvalue weighted by atomic mass is 10.1. The van der Waals surface area contributed by atoms with Gasteiger partial charge in [-0.05, 0) is 12.0 Å². The van der Waals surface area contributed by atoms with Gasteiger partial charge in [-0.3, -0.25) is 0 Å². The number of ether oxygens (including phenoxy) is 1. The Kier molecular flexibility index (Phi) is 3.08. The van der Waals surface area contributed by atoms with Crippen LogP contribution in [-0.2, 0) is 4.74 Å². The van der Waals surface area contributed by atoms with Crippen LogP contribution in [0.3, 0.4) is 0 Å². The number of rotatable bonds is 3. The topological polar surface area (TPSA) is 74.2 Å². The van der Waals surface area contributed by atoms with Crippen LogP contribution in [0, 0.1) is 0 Å². The SMILES string of the molecule is N[C@H](c1ccccc1)c1nc(C2CCOC2)no1. The fourth-order valence-electron chi connectivity index (χ4n) is 2.08. The molecule has 2 N–H and O–H groups in total. The first kappa shape index (κ1) is 11.4. The second-order valence-corrected chi connectivity index (χ2v) is 4.44. The largest absolute Gasteiger partial charge is 0.381 e. The molecule has 3 rings (SSSR count). The van der Waals surface area contributed by atoms with E-state index < -0.39 is 0 Å². The highest BCUT2D eigenvalue weighted by atomic mass is 16.5. The van der Waals surface area contributed by atoms with Gasteiger partial charge < -0.3 is 15.0 Å². The minimum Gasteiger partial charge on any atom is -0.381 e. The maximum absolute atomic E-state index is 6.10. The van der Waals surface area contributed by atoms with Crippen molar-refractivity contribution in [3.8, 4) is 0 Å².